The first-order valence-electron chi connectivity index (χ1n) is 7.95. The molecule has 4 rings (SSSR count). The lowest BCUT2D eigenvalue weighted by Crippen LogP contribution is -2.03. The Morgan fingerprint density at radius 1 is 1.08 bits per heavy atom. The SMILES string of the molecule is COc1ccc(-c2n[nH]c(=S)n2Cc2ccc3c(c2)OCO3)cc1OC. The number of methoxy groups -OCH3 is 2. The largest absolute Gasteiger partial charge is 0.493 e. The predicted molar refractivity (Wildman–Crippen MR) is 97.6 cm³/mol. The van der Waals surface area contributed by atoms with Gasteiger partial charge in [-0.1, -0.05) is 6.07 Å². The summed E-state index contributed by atoms with van der Waals surface area (Å²) in [6, 6.07) is 11.5. The Labute approximate surface area is 155 Å². The van der Waals surface area contributed by atoms with E-state index in [4.69, 9.17) is 31.2 Å². The Morgan fingerprint density at radius 2 is 1.88 bits per heavy atom. The summed E-state index contributed by atoms with van der Waals surface area (Å²) in [5, 5.41) is 7.24. The van der Waals surface area contributed by atoms with Crippen LogP contribution in [0.2, 0.25) is 0 Å². The van der Waals surface area contributed by atoms with Gasteiger partial charge in [-0.15, -0.1) is 0 Å². The van der Waals surface area contributed by atoms with Crippen molar-refractivity contribution < 1.29 is 18.9 Å². The third-order valence-corrected chi connectivity index (χ3v) is 4.49. The number of ether oxygens (including phenoxy) is 4. The summed E-state index contributed by atoms with van der Waals surface area (Å²) < 4.78 is 23.9. The smallest absolute Gasteiger partial charge is 0.231 e. The quantitative estimate of drug-likeness (QED) is 0.693. The summed E-state index contributed by atoms with van der Waals surface area (Å²) in [6.45, 7) is 0.802. The second kappa shape index (κ2) is 6.72. The van der Waals surface area contributed by atoms with E-state index < -0.39 is 0 Å². The van der Waals surface area contributed by atoms with Gasteiger partial charge in [-0.2, -0.15) is 5.10 Å². The predicted octanol–water partition coefficient (Wildman–Crippen LogP) is 3.40. The lowest BCUT2D eigenvalue weighted by atomic mass is 10.1. The van der Waals surface area contributed by atoms with Crippen molar-refractivity contribution in [2.45, 2.75) is 6.54 Å². The fraction of sp³-hybridized carbons (Fsp3) is 0.222. The molecule has 1 aromatic heterocycles. The lowest BCUT2D eigenvalue weighted by molar-refractivity contribution is 0.174. The molecule has 1 aliphatic heterocycles. The van der Waals surface area contributed by atoms with Crippen LogP contribution in [0.3, 0.4) is 0 Å². The van der Waals surface area contributed by atoms with Crippen LogP contribution in [-0.2, 0) is 6.54 Å². The van der Waals surface area contributed by atoms with E-state index in [9.17, 15) is 0 Å². The summed E-state index contributed by atoms with van der Waals surface area (Å²) in [6.07, 6.45) is 0. The molecule has 1 aliphatic rings. The standard InChI is InChI=1S/C18H17N3O4S/c1-22-13-6-4-12(8-15(13)23-2)17-19-20-18(26)21(17)9-11-3-5-14-16(7-11)25-10-24-14/h3-8H,9-10H2,1-2H3,(H,20,26). The summed E-state index contributed by atoms with van der Waals surface area (Å²) in [7, 11) is 3.21. The van der Waals surface area contributed by atoms with Crippen LogP contribution in [0.15, 0.2) is 36.4 Å². The summed E-state index contributed by atoms with van der Waals surface area (Å²) in [5.41, 5.74) is 1.91. The summed E-state index contributed by atoms with van der Waals surface area (Å²) in [5.74, 6) is 3.50. The number of hydrogen-bond acceptors (Lipinski definition) is 6. The van der Waals surface area contributed by atoms with Crippen molar-refractivity contribution in [2.75, 3.05) is 21.0 Å². The zero-order valence-electron chi connectivity index (χ0n) is 14.3. The number of H-pyrrole nitrogens is 1. The van der Waals surface area contributed by atoms with Crippen LogP contribution in [0.5, 0.6) is 23.0 Å². The monoisotopic (exact) mass is 371 g/mol. The van der Waals surface area contributed by atoms with Crippen LogP contribution < -0.4 is 18.9 Å². The highest BCUT2D eigenvalue weighted by Gasteiger charge is 2.16. The highest BCUT2D eigenvalue weighted by Crippen LogP contribution is 2.34. The molecular formula is C18H17N3O4S. The van der Waals surface area contributed by atoms with Crippen LogP contribution in [0.1, 0.15) is 5.56 Å². The van der Waals surface area contributed by atoms with Gasteiger partial charge in [-0.3, -0.25) is 9.67 Å². The van der Waals surface area contributed by atoms with Crippen molar-refractivity contribution in [3.05, 3.63) is 46.7 Å². The Balaban J connectivity index is 1.71. The molecule has 134 valence electrons. The molecular weight excluding hydrogens is 354 g/mol. The molecule has 0 atom stereocenters. The molecule has 0 unspecified atom stereocenters. The summed E-state index contributed by atoms with van der Waals surface area (Å²) in [4.78, 5) is 0. The summed E-state index contributed by atoms with van der Waals surface area (Å²) >= 11 is 5.41. The van der Waals surface area contributed by atoms with Crippen LogP contribution in [0.25, 0.3) is 11.4 Å². The fourth-order valence-electron chi connectivity index (χ4n) is 2.88. The molecule has 0 saturated heterocycles. The van der Waals surface area contributed by atoms with Crippen molar-refractivity contribution in [3.63, 3.8) is 0 Å². The number of benzene rings is 2. The van der Waals surface area contributed by atoms with E-state index in [1.165, 1.54) is 0 Å². The number of fused-ring (bicyclic) bond motifs is 1. The van der Waals surface area contributed by atoms with E-state index in [0.29, 0.717) is 28.6 Å². The van der Waals surface area contributed by atoms with E-state index in [1.54, 1.807) is 14.2 Å². The van der Waals surface area contributed by atoms with Gasteiger partial charge in [0.2, 0.25) is 6.79 Å². The molecule has 0 amide bonds. The maximum absolute atomic E-state index is 5.45. The highest BCUT2D eigenvalue weighted by atomic mass is 32.1. The maximum Gasteiger partial charge on any atom is 0.231 e. The minimum Gasteiger partial charge on any atom is -0.493 e. The van der Waals surface area contributed by atoms with Crippen molar-refractivity contribution in [2.24, 2.45) is 0 Å². The van der Waals surface area contributed by atoms with E-state index in [2.05, 4.69) is 10.2 Å². The topological polar surface area (TPSA) is 70.5 Å². The first-order chi connectivity index (χ1) is 12.7. The van der Waals surface area contributed by atoms with Gasteiger partial charge in [0, 0.05) is 5.56 Å². The molecule has 1 N–H and O–H groups in total. The first-order valence-corrected chi connectivity index (χ1v) is 8.36. The number of aromatic nitrogens is 3. The second-order valence-electron chi connectivity index (χ2n) is 5.70. The van der Waals surface area contributed by atoms with Crippen molar-refractivity contribution in [1.82, 2.24) is 14.8 Å². The molecule has 3 aromatic rings. The minimum absolute atomic E-state index is 0.251. The molecule has 0 spiro atoms. The maximum atomic E-state index is 5.45. The molecule has 2 aromatic carbocycles. The highest BCUT2D eigenvalue weighted by molar-refractivity contribution is 7.71. The Kier molecular flexibility index (Phi) is 4.26. The molecule has 0 aliphatic carbocycles. The number of nitrogens with zero attached hydrogens (tertiary/aromatic N) is 2. The van der Waals surface area contributed by atoms with Gasteiger partial charge in [0.15, 0.2) is 33.6 Å². The zero-order valence-corrected chi connectivity index (χ0v) is 15.1. The van der Waals surface area contributed by atoms with Gasteiger partial charge in [-0.25, -0.2) is 0 Å². The van der Waals surface area contributed by atoms with Gasteiger partial charge in [0.05, 0.1) is 20.8 Å². The molecule has 2 heterocycles. The van der Waals surface area contributed by atoms with Crippen molar-refractivity contribution in [3.8, 4) is 34.4 Å². The Bertz CT molecular complexity index is 1010. The van der Waals surface area contributed by atoms with Crippen LogP contribution in [-0.4, -0.2) is 35.8 Å². The third kappa shape index (κ3) is 2.88. The molecule has 26 heavy (non-hydrogen) atoms. The van der Waals surface area contributed by atoms with Gasteiger partial charge < -0.3 is 18.9 Å². The molecule has 8 heteroatoms. The fourth-order valence-corrected chi connectivity index (χ4v) is 3.08. The number of rotatable bonds is 5. The van der Waals surface area contributed by atoms with E-state index in [0.717, 1.165) is 22.6 Å². The molecule has 7 nitrogen and oxygen atoms in total. The van der Waals surface area contributed by atoms with Crippen LogP contribution in [0, 0.1) is 4.77 Å². The van der Waals surface area contributed by atoms with Crippen molar-refractivity contribution >= 4 is 12.2 Å². The van der Waals surface area contributed by atoms with Gasteiger partial charge in [0.25, 0.3) is 0 Å². The van der Waals surface area contributed by atoms with E-state index in [1.807, 2.05) is 41.0 Å². The Hall–Kier alpha value is -3.00. The minimum atomic E-state index is 0.251. The average molecular weight is 371 g/mol. The van der Waals surface area contributed by atoms with Crippen molar-refractivity contribution in [1.29, 1.82) is 0 Å². The zero-order chi connectivity index (χ0) is 18.1. The van der Waals surface area contributed by atoms with Gasteiger partial charge in [0.1, 0.15) is 0 Å². The van der Waals surface area contributed by atoms with E-state index >= 15 is 0 Å². The molecule has 0 bridgehead atoms. The molecule has 0 saturated carbocycles. The normalized spacial score (nSPS) is 12.2. The van der Waals surface area contributed by atoms with Crippen LogP contribution in [0.4, 0.5) is 0 Å². The molecule has 0 fully saturated rings. The molecule has 0 radical (unpaired) electrons. The van der Waals surface area contributed by atoms with E-state index in [-0.39, 0.29) is 6.79 Å². The number of hydrogen-bond donors (Lipinski definition) is 1. The first kappa shape index (κ1) is 16.5. The Morgan fingerprint density at radius 3 is 2.69 bits per heavy atom. The third-order valence-electron chi connectivity index (χ3n) is 4.18. The number of aromatic amines is 1. The van der Waals surface area contributed by atoms with Gasteiger partial charge in [-0.05, 0) is 48.1 Å². The average Bonchev–Trinajstić information content (AvgIpc) is 3.28. The lowest BCUT2D eigenvalue weighted by Gasteiger charge is -2.11. The van der Waals surface area contributed by atoms with Crippen LogP contribution >= 0.6 is 12.2 Å². The second-order valence-corrected chi connectivity index (χ2v) is 6.08. The number of nitrogens with one attached hydrogen (secondary N) is 1. The van der Waals surface area contributed by atoms with Gasteiger partial charge >= 0.3 is 0 Å².